The summed E-state index contributed by atoms with van der Waals surface area (Å²) in [6.45, 7) is 1.98. The number of hydrogen-bond acceptors (Lipinski definition) is 2. The van der Waals surface area contributed by atoms with Gasteiger partial charge < -0.3 is 5.32 Å². The van der Waals surface area contributed by atoms with Gasteiger partial charge in [0.1, 0.15) is 11.5 Å². The number of nitrogens with one attached hydrogen (secondary N) is 1. The van der Waals surface area contributed by atoms with Crippen molar-refractivity contribution in [2.75, 3.05) is 0 Å². The average molecular weight is 462 g/mol. The van der Waals surface area contributed by atoms with Gasteiger partial charge in [0.05, 0.1) is 17.4 Å². The second-order valence-electron chi connectivity index (χ2n) is 8.37. The lowest BCUT2D eigenvalue weighted by molar-refractivity contribution is 0.0935. The largest absolute Gasteiger partial charge is 0.340 e. The lowest BCUT2D eigenvalue weighted by Gasteiger charge is -2.20. The highest BCUT2D eigenvalue weighted by atomic mass is 19.1. The summed E-state index contributed by atoms with van der Waals surface area (Å²) in [5.74, 6) is -0.695. The lowest BCUT2D eigenvalue weighted by atomic mass is 9.98. The maximum Gasteiger partial charge on any atom is 0.270 e. The highest BCUT2D eigenvalue weighted by Crippen LogP contribution is 2.27. The Morgan fingerprint density at radius 2 is 1.43 bits per heavy atom. The minimum atomic E-state index is -0.389. The van der Waals surface area contributed by atoms with E-state index in [2.05, 4.69) is 10.4 Å². The fourth-order valence-electron chi connectivity index (χ4n) is 4.16. The Hall–Kier alpha value is -4.51. The van der Waals surface area contributed by atoms with Crippen LogP contribution in [0.5, 0.6) is 0 Å². The molecule has 35 heavy (non-hydrogen) atoms. The second kappa shape index (κ2) is 9.77. The summed E-state index contributed by atoms with van der Waals surface area (Å²) in [7, 11) is 0. The fraction of sp³-hybridized carbons (Fsp3) is 0.0667. The molecular formula is C30H24FN3O. The summed E-state index contributed by atoms with van der Waals surface area (Å²) < 4.78 is 16.2. The van der Waals surface area contributed by atoms with Gasteiger partial charge in [0.25, 0.3) is 5.91 Å². The van der Waals surface area contributed by atoms with Gasteiger partial charge in [0.15, 0.2) is 0 Å². The molecule has 4 aromatic carbocycles. The van der Waals surface area contributed by atoms with E-state index in [0.29, 0.717) is 17.0 Å². The van der Waals surface area contributed by atoms with E-state index in [1.807, 2.05) is 91.9 Å². The van der Waals surface area contributed by atoms with E-state index in [1.165, 1.54) is 6.07 Å². The first-order chi connectivity index (χ1) is 17.1. The standard InChI is InChI=1S/C30H24FN3O/c1-21-11-10-16-24(19-21)34-28(20-27(33-34)25-17-8-9-18-26(25)31)30(35)32-29(22-12-4-2-5-13-22)23-14-6-3-7-15-23/h2-20,29H,1H3,(H,32,35). The van der Waals surface area contributed by atoms with Crippen molar-refractivity contribution in [3.05, 3.63) is 143 Å². The molecule has 172 valence electrons. The molecule has 4 nitrogen and oxygen atoms in total. The molecule has 0 fully saturated rings. The van der Waals surface area contributed by atoms with E-state index in [4.69, 9.17) is 0 Å². The van der Waals surface area contributed by atoms with Gasteiger partial charge >= 0.3 is 0 Å². The van der Waals surface area contributed by atoms with Crippen molar-refractivity contribution < 1.29 is 9.18 Å². The highest BCUT2D eigenvalue weighted by Gasteiger charge is 2.23. The minimum Gasteiger partial charge on any atom is -0.340 e. The molecule has 0 aliphatic heterocycles. The van der Waals surface area contributed by atoms with E-state index < -0.39 is 0 Å². The van der Waals surface area contributed by atoms with Crippen molar-refractivity contribution >= 4 is 5.91 Å². The zero-order valence-corrected chi connectivity index (χ0v) is 19.2. The van der Waals surface area contributed by atoms with Crippen LogP contribution in [0.15, 0.2) is 115 Å². The number of amides is 1. The molecule has 0 bridgehead atoms. The molecule has 0 radical (unpaired) electrons. The molecule has 1 amide bonds. The molecule has 0 aliphatic rings. The Labute approximate surface area is 203 Å². The van der Waals surface area contributed by atoms with Gasteiger partial charge in [-0.05, 0) is 53.9 Å². The Bertz CT molecular complexity index is 1420. The third-order valence-corrected chi connectivity index (χ3v) is 5.88. The van der Waals surface area contributed by atoms with Gasteiger partial charge in [-0.25, -0.2) is 9.07 Å². The number of rotatable bonds is 6. The molecule has 1 aromatic heterocycles. The van der Waals surface area contributed by atoms with Gasteiger partial charge in [-0.1, -0.05) is 84.9 Å². The summed E-state index contributed by atoms with van der Waals surface area (Å²) in [4.78, 5) is 13.7. The topological polar surface area (TPSA) is 46.9 Å². The number of aryl methyl sites for hydroxylation is 1. The maximum absolute atomic E-state index is 14.6. The van der Waals surface area contributed by atoms with E-state index in [9.17, 15) is 9.18 Å². The van der Waals surface area contributed by atoms with Crippen LogP contribution in [-0.2, 0) is 0 Å². The normalized spacial score (nSPS) is 10.9. The van der Waals surface area contributed by atoms with Crippen LogP contribution in [0.3, 0.4) is 0 Å². The predicted molar refractivity (Wildman–Crippen MR) is 136 cm³/mol. The first kappa shape index (κ1) is 22.3. The van der Waals surface area contributed by atoms with Crippen LogP contribution in [0.2, 0.25) is 0 Å². The zero-order chi connectivity index (χ0) is 24.2. The number of carbonyl (C=O) groups excluding carboxylic acids is 1. The predicted octanol–water partition coefficient (Wildman–Crippen LogP) is 6.51. The third-order valence-electron chi connectivity index (χ3n) is 5.88. The maximum atomic E-state index is 14.6. The number of carbonyl (C=O) groups is 1. The van der Waals surface area contributed by atoms with Crippen molar-refractivity contribution in [3.8, 4) is 16.9 Å². The van der Waals surface area contributed by atoms with Gasteiger partial charge in [-0.15, -0.1) is 0 Å². The first-order valence-electron chi connectivity index (χ1n) is 11.4. The molecule has 0 spiro atoms. The summed E-state index contributed by atoms with van der Waals surface area (Å²) >= 11 is 0. The number of aromatic nitrogens is 2. The summed E-state index contributed by atoms with van der Waals surface area (Å²) in [6.07, 6.45) is 0. The Kier molecular flexibility index (Phi) is 6.22. The van der Waals surface area contributed by atoms with E-state index in [0.717, 1.165) is 22.4 Å². The quantitative estimate of drug-likeness (QED) is 0.313. The van der Waals surface area contributed by atoms with Crippen molar-refractivity contribution in [1.82, 2.24) is 15.1 Å². The van der Waals surface area contributed by atoms with Crippen molar-refractivity contribution in [2.45, 2.75) is 13.0 Å². The van der Waals surface area contributed by atoms with Crippen LogP contribution >= 0.6 is 0 Å². The fourth-order valence-corrected chi connectivity index (χ4v) is 4.16. The van der Waals surface area contributed by atoms with Crippen LogP contribution in [0.25, 0.3) is 16.9 Å². The monoisotopic (exact) mass is 461 g/mol. The van der Waals surface area contributed by atoms with Gasteiger partial charge in [0.2, 0.25) is 0 Å². The van der Waals surface area contributed by atoms with Crippen LogP contribution in [-0.4, -0.2) is 15.7 Å². The molecule has 0 aliphatic carbocycles. The molecule has 5 rings (SSSR count). The molecule has 0 atom stereocenters. The van der Waals surface area contributed by atoms with Crippen molar-refractivity contribution in [1.29, 1.82) is 0 Å². The van der Waals surface area contributed by atoms with Gasteiger partial charge in [-0.3, -0.25) is 4.79 Å². The Balaban J connectivity index is 1.59. The van der Waals surface area contributed by atoms with E-state index >= 15 is 0 Å². The van der Waals surface area contributed by atoms with Crippen LogP contribution in [0.1, 0.15) is 33.2 Å². The molecule has 5 heteroatoms. The second-order valence-corrected chi connectivity index (χ2v) is 8.37. The average Bonchev–Trinajstić information content (AvgIpc) is 3.34. The van der Waals surface area contributed by atoms with Crippen molar-refractivity contribution in [2.24, 2.45) is 0 Å². The number of nitrogens with zero attached hydrogens (tertiary/aromatic N) is 2. The first-order valence-corrected chi connectivity index (χ1v) is 11.4. The lowest BCUT2D eigenvalue weighted by Crippen LogP contribution is -2.31. The van der Waals surface area contributed by atoms with Gasteiger partial charge in [0, 0.05) is 5.56 Å². The number of benzene rings is 4. The SMILES string of the molecule is Cc1cccc(-n2nc(-c3ccccc3F)cc2C(=O)NC(c2ccccc2)c2ccccc2)c1. The molecule has 0 saturated heterocycles. The summed E-state index contributed by atoms with van der Waals surface area (Å²) in [5, 5.41) is 7.82. The highest BCUT2D eigenvalue weighted by molar-refractivity contribution is 5.95. The Morgan fingerprint density at radius 3 is 2.06 bits per heavy atom. The van der Waals surface area contributed by atoms with Crippen LogP contribution < -0.4 is 5.32 Å². The molecule has 1 N–H and O–H groups in total. The molecule has 1 heterocycles. The summed E-state index contributed by atoms with van der Waals surface area (Å²) in [5.41, 5.74) is 4.75. The number of halogens is 1. The molecule has 0 saturated carbocycles. The summed E-state index contributed by atoms with van der Waals surface area (Å²) in [6, 6.07) is 35.1. The molecule has 0 unspecified atom stereocenters. The van der Waals surface area contributed by atoms with E-state index in [1.54, 1.807) is 28.9 Å². The van der Waals surface area contributed by atoms with Gasteiger partial charge in [-0.2, -0.15) is 5.10 Å². The third kappa shape index (κ3) is 4.75. The molecule has 5 aromatic rings. The van der Waals surface area contributed by atoms with E-state index in [-0.39, 0.29) is 17.8 Å². The smallest absolute Gasteiger partial charge is 0.270 e. The Morgan fingerprint density at radius 1 is 0.800 bits per heavy atom. The number of hydrogen-bond donors (Lipinski definition) is 1. The minimum absolute atomic E-state index is 0.306. The molecular weight excluding hydrogens is 437 g/mol. The van der Waals surface area contributed by atoms with Crippen LogP contribution in [0.4, 0.5) is 4.39 Å². The van der Waals surface area contributed by atoms with Crippen molar-refractivity contribution in [3.63, 3.8) is 0 Å². The van der Waals surface area contributed by atoms with Crippen LogP contribution in [0, 0.1) is 12.7 Å². The zero-order valence-electron chi connectivity index (χ0n) is 19.2.